The van der Waals surface area contributed by atoms with Crippen molar-refractivity contribution in [2.75, 3.05) is 5.32 Å². The van der Waals surface area contributed by atoms with Crippen LogP contribution in [0.3, 0.4) is 0 Å². The highest BCUT2D eigenvalue weighted by molar-refractivity contribution is 6.01. The number of alkyl carbamates (subject to hydrolysis) is 1. The van der Waals surface area contributed by atoms with E-state index in [9.17, 15) is 14.4 Å². The summed E-state index contributed by atoms with van der Waals surface area (Å²) in [5.41, 5.74) is 2.25. The summed E-state index contributed by atoms with van der Waals surface area (Å²) in [4.78, 5) is 41.7. The van der Waals surface area contributed by atoms with Crippen molar-refractivity contribution in [1.82, 2.24) is 10.2 Å². The quantitative estimate of drug-likeness (QED) is 0.252. The largest absolute Gasteiger partial charge is 0.444 e. The van der Waals surface area contributed by atoms with Gasteiger partial charge in [0.15, 0.2) is 0 Å². The van der Waals surface area contributed by atoms with Crippen molar-refractivity contribution in [3.8, 4) is 12.5 Å². The fraction of sp³-hybridized carbons (Fsp3) is 0.364. The third-order valence-electron chi connectivity index (χ3n) is 6.61. The zero-order chi connectivity index (χ0) is 29.6. The first-order valence-corrected chi connectivity index (χ1v) is 13.5. The Balaban J connectivity index is 2.03. The first kappa shape index (κ1) is 30.2. The van der Waals surface area contributed by atoms with Gasteiger partial charge in [-0.1, -0.05) is 86.3 Å². The van der Waals surface area contributed by atoms with Gasteiger partial charge in [-0.25, -0.2) is 4.79 Å². The average Bonchev–Trinajstić information content (AvgIpc) is 2.87. The van der Waals surface area contributed by atoms with Crippen LogP contribution in [0.2, 0.25) is 0 Å². The molecule has 0 radical (unpaired) electrons. The van der Waals surface area contributed by atoms with Gasteiger partial charge in [0.1, 0.15) is 17.7 Å². The van der Waals surface area contributed by atoms with E-state index in [1.807, 2.05) is 88.4 Å². The minimum absolute atomic E-state index is 0.278. The molecule has 0 spiro atoms. The average molecular weight is 542 g/mol. The van der Waals surface area contributed by atoms with Gasteiger partial charge in [-0.3, -0.25) is 14.5 Å². The number of benzene rings is 3. The first-order chi connectivity index (χ1) is 18.8. The number of terminal acetylenes is 1. The highest BCUT2D eigenvalue weighted by atomic mass is 16.6. The highest BCUT2D eigenvalue weighted by Gasteiger charge is 2.38. The van der Waals surface area contributed by atoms with Gasteiger partial charge in [-0.05, 0) is 69.0 Å². The molecule has 3 atom stereocenters. The summed E-state index contributed by atoms with van der Waals surface area (Å²) in [6.45, 7) is 12.8. The van der Waals surface area contributed by atoms with Crippen LogP contribution >= 0.6 is 0 Å². The smallest absolute Gasteiger partial charge is 0.408 e. The molecule has 3 amide bonds. The summed E-state index contributed by atoms with van der Waals surface area (Å²) < 4.78 is 5.41. The summed E-state index contributed by atoms with van der Waals surface area (Å²) in [7, 11) is 0. The molecule has 3 aromatic carbocycles. The van der Waals surface area contributed by atoms with E-state index in [1.165, 1.54) is 0 Å². The minimum Gasteiger partial charge on any atom is -0.444 e. The lowest BCUT2D eigenvalue weighted by Crippen LogP contribution is -2.53. The molecule has 2 N–H and O–H groups in total. The molecule has 0 saturated heterocycles. The maximum absolute atomic E-state index is 14.0. The van der Waals surface area contributed by atoms with E-state index in [0.717, 1.165) is 26.8 Å². The minimum atomic E-state index is -1.14. The fourth-order valence-electron chi connectivity index (χ4n) is 4.60. The number of carbonyl (C=O) groups is 3. The predicted octanol–water partition coefficient (Wildman–Crippen LogP) is 6.50. The molecule has 0 aliphatic rings. The van der Waals surface area contributed by atoms with Gasteiger partial charge in [0, 0.05) is 11.7 Å². The highest BCUT2D eigenvalue weighted by Crippen LogP contribution is 2.28. The van der Waals surface area contributed by atoms with Crippen molar-refractivity contribution in [1.29, 1.82) is 0 Å². The molecule has 210 valence electrons. The normalized spacial score (nSPS) is 13.4. The van der Waals surface area contributed by atoms with Crippen molar-refractivity contribution >= 4 is 34.4 Å². The lowest BCUT2D eigenvalue weighted by Gasteiger charge is -2.32. The molecule has 7 heteroatoms. The maximum atomic E-state index is 14.0. The van der Waals surface area contributed by atoms with Gasteiger partial charge in [0.25, 0.3) is 11.8 Å². The molecule has 3 rings (SSSR count). The van der Waals surface area contributed by atoms with Gasteiger partial charge >= 0.3 is 6.09 Å². The number of amides is 3. The topological polar surface area (TPSA) is 87.7 Å². The standard InChI is InChI=1S/C33H39N3O4/c1-9-23(5)28(35-32(39)40-33(6,7)8)31(38)36(10-2)29(26-18-21(3)17-22(4)19-26)30(37)34-27-16-15-24-13-11-12-14-25(24)20-27/h2,11-20,23,28-29H,9H2,1,3-8H3,(H,34,37)(H,35,39). The Morgan fingerprint density at radius 1 is 0.975 bits per heavy atom. The Morgan fingerprint density at radius 3 is 2.17 bits per heavy atom. The molecule has 0 bridgehead atoms. The van der Waals surface area contributed by atoms with Crippen molar-refractivity contribution in [2.24, 2.45) is 5.92 Å². The van der Waals surface area contributed by atoms with Crippen LogP contribution in [0.4, 0.5) is 10.5 Å². The van der Waals surface area contributed by atoms with Gasteiger partial charge in [-0.15, -0.1) is 0 Å². The summed E-state index contributed by atoms with van der Waals surface area (Å²) in [6.07, 6.45) is 5.79. The van der Waals surface area contributed by atoms with Crippen molar-refractivity contribution in [2.45, 2.75) is 72.6 Å². The van der Waals surface area contributed by atoms with Crippen molar-refractivity contribution in [3.63, 3.8) is 0 Å². The van der Waals surface area contributed by atoms with Crippen LogP contribution in [0.1, 0.15) is 63.8 Å². The number of hydrogen-bond acceptors (Lipinski definition) is 4. The number of rotatable bonds is 8. The number of hydrogen-bond donors (Lipinski definition) is 2. The molecule has 0 saturated carbocycles. The van der Waals surface area contributed by atoms with E-state index in [2.05, 4.69) is 16.7 Å². The Kier molecular flexibility index (Phi) is 9.60. The molecule has 0 aliphatic carbocycles. The zero-order valence-electron chi connectivity index (χ0n) is 24.4. The molecule has 0 aliphatic heterocycles. The first-order valence-electron chi connectivity index (χ1n) is 13.5. The van der Waals surface area contributed by atoms with Crippen LogP contribution < -0.4 is 10.6 Å². The Bertz CT molecular complexity index is 1410. The summed E-state index contributed by atoms with van der Waals surface area (Å²) in [5, 5.41) is 7.65. The Hall–Kier alpha value is -4.31. The third-order valence-corrected chi connectivity index (χ3v) is 6.61. The van der Waals surface area contributed by atoms with Gasteiger partial charge in [-0.2, -0.15) is 0 Å². The number of nitrogens with zero attached hydrogens (tertiary/aromatic N) is 1. The zero-order valence-corrected chi connectivity index (χ0v) is 24.4. The number of carbonyl (C=O) groups excluding carboxylic acids is 3. The summed E-state index contributed by atoms with van der Waals surface area (Å²) >= 11 is 0. The van der Waals surface area contributed by atoms with Crippen LogP contribution in [0.15, 0.2) is 60.7 Å². The number of ether oxygens (including phenoxy) is 1. The second kappa shape index (κ2) is 12.7. The van der Waals surface area contributed by atoms with E-state index in [-0.39, 0.29) is 5.92 Å². The van der Waals surface area contributed by atoms with E-state index in [1.54, 1.807) is 20.8 Å². The van der Waals surface area contributed by atoms with E-state index >= 15 is 0 Å². The van der Waals surface area contributed by atoms with E-state index in [4.69, 9.17) is 11.2 Å². The van der Waals surface area contributed by atoms with Crippen LogP contribution in [0, 0.1) is 32.2 Å². The number of anilines is 1. The van der Waals surface area contributed by atoms with Crippen molar-refractivity contribution < 1.29 is 19.1 Å². The molecule has 40 heavy (non-hydrogen) atoms. The molecule has 7 nitrogen and oxygen atoms in total. The second-order valence-corrected chi connectivity index (χ2v) is 11.2. The lowest BCUT2D eigenvalue weighted by atomic mass is 9.95. The molecular weight excluding hydrogens is 502 g/mol. The SMILES string of the molecule is C#CN(C(=O)C(NC(=O)OC(C)(C)C)C(C)CC)C(C(=O)Nc1ccc2ccccc2c1)c1cc(C)cc(C)c1. The predicted molar refractivity (Wildman–Crippen MR) is 160 cm³/mol. The third kappa shape index (κ3) is 7.63. The molecule has 0 heterocycles. The maximum Gasteiger partial charge on any atom is 0.408 e. The molecule has 3 aromatic rings. The fourth-order valence-corrected chi connectivity index (χ4v) is 4.60. The van der Waals surface area contributed by atoms with E-state index in [0.29, 0.717) is 17.7 Å². The van der Waals surface area contributed by atoms with Crippen LogP contribution in [-0.4, -0.2) is 34.5 Å². The van der Waals surface area contributed by atoms with E-state index < -0.39 is 35.6 Å². The second-order valence-electron chi connectivity index (χ2n) is 11.2. The molecule has 0 aromatic heterocycles. The molecule has 3 unspecified atom stereocenters. The lowest BCUT2D eigenvalue weighted by molar-refractivity contribution is -0.137. The van der Waals surface area contributed by atoms with Gasteiger partial charge in [0.05, 0.1) is 0 Å². The summed E-state index contributed by atoms with van der Waals surface area (Å²) in [6, 6.07) is 19.4. The van der Waals surface area contributed by atoms with Crippen molar-refractivity contribution in [3.05, 3.63) is 77.4 Å². The summed E-state index contributed by atoms with van der Waals surface area (Å²) in [5.74, 6) is -1.31. The monoisotopic (exact) mass is 541 g/mol. The van der Waals surface area contributed by atoms with Gasteiger partial charge < -0.3 is 15.4 Å². The number of fused-ring (bicyclic) bond motifs is 1. The number of aryl methyl sites for hydroxylation is 2. The van der Waals surface area contributed by atoms with Crippen LogP contribution in [0.25, 0.3) is 10.8 Å². The van der Waals surface area contributed by atoms with Crippen LogP contribution in [-0.2, 0) is 14.3 Å². The van der Waals surface area contributed by atoms with Gasteiger partial charge in [0.2, 0.25) is 0 Å². The van der Waals surface area contributed by atoms with Crippen LogP contribution in [0.5, 0.6) is 0 Å². The molecular formula is C33H39N3O4. The molecule has 0 fully saturated rings. The number of nitrogens with one attached hydrogen (secondary N) is 2. The Labute approximate surface area is 237 Å². The Morgan fingerprint density at radius 2 is 1.60 bits per heavy atom.